The Morgan fingerprint density at radius 3 is 2.94 bits per heavy atom. The van der Waals surface area contributed by atoms with E-state index in [9.17, 15) is 4.79 Å². The molecule has 0 radical (unpaired) electrons. The Morgan fingerprint density at radius 2 is 2.24 bits per heavy atom. The molecule has 88 valence electrons. The first-order valence-electron chi connectivity index (χ1n) is 5.66. The van der Waals surface area contributed by atoms with Crippen molar-refractivity contribution in [2.75, 3.05) is 11.9 Å². The molecule has 0 bridgehead atoms. The quantitative estimate of drug-likeness (QED) is 0.777. The molecule has 1 unspecified atom stereocenters. The van der Waals surface area contributed by atoms with Gasteiger partial charge in [-0.1, -0.05) is 17.7 Å². The third-order valence-electron chi connectivity index (χ3n) is 2.92. The summed E-state index contributed by atoms with van der Waals surface area (Å²) >= 11 is 0. The maximum absolute atomic E-state index is 11.8. The van der Waals surface area contributed by atoms with E-state index in [1.165, 1.54) is 0 Å². The molecule has 1 aliphatic heterocycles. The summed E-state index contributed by atoms with van der Waals surface area (Å²) in [5.74, 6) is -0.0355. The molecular weight excluding hydrogens is 214 g/mol. The molecule has 0 aromatic heterocycles. The van der Waals surface area contributed by atoms with E-state index in [2.05, 4.69) is 22.8 Å². The number of carbonyl (C=O) groups excluding carboxylic acids is 1. The van der Waals surface area contributed by atoms with E-state index in [0.29, 0.717) is 13.0 Å². The van der Waals surface area contributed by atoms with Crippen molar-refractivity contribution in [1.29, 1.82) is 5.26 Å². The van der Waals surface area contributed by atoms with E-state index >= 15 is 0 Å². The lowest BCUT2D eigenvalue weighted by molar-refractivity contribution is -0.117. The number of anilines is 1. The SMILES string of the molecule is Cc1cc(C)c2c(c1)C(NCCC#N)C(=O)N2. The molecule has 1 aromatic carbocycles. The lowest BCUT2D eigenvalue weighted by Gasteiger charge is -2.11. The van der Waals surface area contributed by atoms with Gasteiger partial charge < -0.3 is 10.6 Å². The number of carbonyl (C=O) groups is 1. The highest BCUT2D eigenvalue weighted by Crippen LogP contribution is 2.34. The molecular formula is C13H15N3O. The minimum absolute atomic E-state index is 0.0355. The largest absolute Gasteiger partial charge is 0.324 e. The molecule has 2 N–H and O–H groups in total. The summed E-state index contributed by atoms with van der Waals surface area (Å²) in [5, 5.41) is 14.5. The van der Waals surface area contributed by atoms with Gasteiger partial charge in [-0.25, -0.2) is 0 Å². The predicted molar refractivity (Wildman–Crippen MR) is 65.5 cm³/mol. The Hall–Kier alpha value is -1.86. The normalized spacial score (nSPS) is 17.5. The van der Waals surface area contributed by atoms with Crippen molar-refractivity contribution in [2.24, 2.45) is 0 Å². The number of hydrogen-bond acceptors (Lipinski definition) is 3. The number of fused-ring (bicyclic) bond motifs is 1. The van der Waals surface area contributed by atoms with Gasteiger partial charge in [0.1, 0.15) is 6.04 Å². The molecule has 1 atom stereocenters. The minimum atomic E-state index is -0.322. The smallest absolute Gasteiger partial charge is 0.246 e. The minimum Gasteiger partial charge on any atom is -0.324 e. The summed E-state index contributed by atoms with van der Waals surface area (Å²) in [5.41, 5.74) is 4.13. The molecule has 0 fully saturated rings. The van der Waals surface area contributed by atoms with Gasteiger partial charge in [0.2, 0.25) is 5.91 Å². The fourth-order valence-corrected chi connectivity index (χ4v) is 2.21. The maximum Gasteiger partial charge on any atom is 0.246 e. The molecule has 1 amide bonds. The molecule has 1 heterocycles. The number of hydrogen-bond donors (Lipinski definition) is 2. The van der Waals surface area contributed by atoms with E-state index in [1.807, 2.05) is 19.9 Å². The van der Waals surface area contributed by atoms with E-state index in [1.54, 1.807) is 0 Å². The van der Waals surface area contributed by atoms with Gasteiger partial charge in [0, 0.05) is 24.2 Å². The van der Waals surface area contributed by atoms with Crippen LogP contribution in [0.15, 0.2) is 12.1 Å². The first-order valence-corrected chi connectivity index (χ1v) is 5.66. The van der Waals surface area contributed by atoms with Crippen LogP contribution in [-0.2, 0) is 4.79 Å². The second-order valence-electron chi connectivity index (χ2n) is 4.33. The average Bonchev–Trinajstić information content (AvgIpc) is 2.57. The number of benzene rings is 1. The second-order valence-corrected chi connectivity index (χ2v) is 4.33. The lowest BCUT2D eigenvalue weighted by Crippen LogP contribution is -2.28. The van der Waals surface area contributed by atoms with Gasteiger partial charge in [-0.15, -0.1) is 0 Å². The van der Waals surface area contributed by atoms with Crippen LogP contribution in [0.5, 0.6) is 0 Å². The molecule has 2 rings (SSSR count). The summed E-state index contributed by atoms with van der Waals surface area (Å²) in [4.78, 5) is 11.8. The van der Waals surface area contributed by atoms with Gasteiger partial charge in [0.05, 0.1) is 6.07 Å². The van der Waals surface area contributed by atoms with Crippen molar-refractivity contribution in [2.45, 2.75) is 26.3 Å². The van der Waals surface area contributed by atoms with Crippen LogP contribution in [0, 0.1) is 25.2 Å². The first kappa shape index (κ1) is 11.6. The fourth-order valence-electron chi connectivity index (χ4n) is 2.21. The summed E-state index contributed by atoms with van der Waals surface area (Å²) in [6.45, 7) is 4.53. The molecule has 4 nitrogen and oxygen atoms in total. The van der Waals surface area contributed by atoms with Gasteiger partial charge in [-0.2, -0.15) is 5.26 Å². The number of nitrogens with one attached hydrogen (secondary N) is 2. The van der Waals surface area contributed by atoms with E-state index in [-0.39, 0.29) is 11.9 Å². The van der Waals surface area contributed by atoms with Crippen LogP contribution in [0.3, 0.4) is 0 Å². The van der Waals surface area contributed by atoms with E-state index < -0.39 is 0 Å². The van der Waals surface area contributed by atoms with Crippen LogP contribution in [0.4, 0.5) is 5.69 Å². The summed E-state index contributed by atoms with van der Waals surface area (Å²) in [6, 6.07) is 5.81. The summed E-state index contributed by atoms with van der Waals surface area (Å²) in [6.07, 6.45) is 0.407. The van der Waals surface area contributed by atoms with E-state index in [0.717, 1.165) is 22.4 Å². The third-order valence-corrected chi connectivity index (χ3v) is 2.92. The molecule has 0 saturated heterocycles. The Kier molecular flexibility index (Phi) is 3.12. The zero-order valence-corrected chi connectivity index (χ0v) is 10.0. The number of amides is 1. The van der Waals surface area contributed by atoms with Crippen LogP contribution in [0.2, 0.25) is 0 Å². The highest BCUT2D eigenvalue weighted by molar-refractivity contribution is 6.03. The van der Waals surface area contributed by atoms with Crippen molar-refractivity contribution in [3.63, 3.8) is 0 Å². The molecule has 1 aliphatic rings. The predicted octanol–water partition coefficient (Wildman–Crippen LogP) is 1.80. The van der Waals surface area contributed by atoms with E-state index in [4.69, 9.17) is 5.26 Å². The summed E-state index contributed by atoms with van der Waals surface area (Å²) < 4.78 is 0. The second kappa shape index (κ2) is 4.56. The van der Waals surface area contributed by atoms with Crippen molar-refractivity contribution in [3.8, 4) is 6.07 Å². The van der Waals surface area contributed by atoms with Crippen LogP contribution in [0.1, 0.15) is 29.2 Å². The molecule has 17 heavy (non-hydrogen) atoms. The standard InChI is InChI=1S/C13H15N3O/c1-8-6-9(2)11-10(7-8)12(13(17)16-11)15-5-3-4-14/h6-7,12,15H,3,5H2,1-2H3,(H,16,17). The monoisotopic (exact) mass is 229 g/mol. The third kappa shape index (κ3) is 2.15. The van der Waals surface area contributed by atoms with Gasteiger partial charge in [-0.05, 0) is 19.4 Å². The fraction of sp³-hybridized carbons (Fsp3) is 0.385. The Morgan fingerprint density at radius 1 is 1.47 bits per heavy atom. The van der Waals surface area contributed by atoms with Crippen LogP contribution < -0.4 is 10.6 Å². The Bertz CT molecular complexity index is 502. The van der Waals surface area contributed by atoms with Crippen molar-refractivity contribution < 1.29 is 4.79 Å². The Balaban J connectivity index is 2.27. The van der Waals surface area contributed by atoms with Crippen LogP contribution in [0.25, 0.3) is 0 Å². The van der Waals surface area contributed by atoms with Gasteiger partial charge in [0.25, 0.3) is 0 Å². The van der Waals surface area contributed by atoms with Crippen molar-refractivity contribution >= 4 is 11.6 Å². The van der Waals surface area contributed by atoms with Gasteiger partial charge >= 0.3 is 0 Å². The summed E-state index contributed by atoms with van der Waals surface area (Å²) in [7, 11) is 0. The maximum atomic E-state index is 11.8. The zero-order chi connectivity index (χ0) is 12.4. The first-order chi connectivity index (χ1) is 8.13. The van der Waals surface area contributed by atoms with Crippen molar-refractivity contribution in [3.05, 3.63) is 28.8 Å². The van der Waals surface area contributed by atoms with Crippen LogP contribution >= 0.6 is 0 Å². The zero-order valence-electron chi connectivity index (χ0n) is 10.0. The lowest BCUT2D eigenvalue weighted by atomic mass is 10.0. The number of nitriles is 1. The Labute approximate surface area is 101 Å². The molecule has 4 heteroatoms. The van der Waals surface area contributed by atoms with Gasteiger partial charge in [-0.3, -0.25) is 4.79 Å². The number of aryl methyl sites for hydroxylation is 2. The number of nitrogens with zero attached hydrogens (tertiary/aromatic N) is 1. The highest BCUT2D eigenvalue weighted by atomic mass is 16.2. The molecule has 0 spiro atoms. The topological polar surface area (TPSA) is 64.9 Å². The highest BCUT2D eigenvalue weighted by Gasteiger charge is 2.30. The molecule has 0 saturated carbocycles. The molecule has 0 aliphatic carbocycles. The van der Waals surface area contributed by atoms with Gasteiger partial charge in [0.15, 0.2) is 0 Å². The average molecular weight is 229 g/mol. The number of rotatable bonds is 3. The van der Waals surface area contributed by atoms with Crippen LogP contribution in [-0.4, -0.2) is 12.5 Å². The molecule has 1 aromatic rings. The van der Waals surface area contributed by atoms with Crippen molar-refractivity contribution in [1.82, 2.24) is 5.32 Å².